The molecule has 0 aliphatic rings. The van der Waals surface area contributed by atoms with E-state index >= 15 is 0 Å². The summed E-state index contributed by atoms with van der Waals surface area (Å²) < 4.78 is 13.7. The number of nitrogens with one attached hydrogen (secondary N) is 1. The molecule has 4 nitrogen and oxygen atoms in total. The van der Waals surface area contributed by atoms with Crippen LogP contribution in [0.5, 0.6) is 0 Å². The second-order valence-corrected chi connectivity index (χ2v) is 6.44. The zero-order valence-electron chi connectivity index (χ0n) is 10.6. The van der Waals surface area contributed by atoms with Crippen molar-refractivity contribution in [1.29, 1.82) is 0 Å². The summed E-state index contributed by atoms with van der Waals surface area (Å²) in [5.74, 6) is -0.445. The van der Waals surface area contributed by atoms with Crippen LogP contribution in [-0.2, 0) is 0 Å². The summed E-state index contributed by atoms with van der Waals surface area (Å²) >= 11 is 1.74. The zero-order valence-corrected chi connectivity index (χ0v) is 12.7. The van der Waals surface area contributed by atoms with Gasteiger partial charge in [0.15, 0.2) is 0 Å². The van der Waals surface area contributed by atoms with Crippen LogP contribution >= 0.6 is 22.6 Å². The van der Waals surface area contributed by atoms with E-state index in [0.29, 0.717) is 6.54 Å². The van der Waals surface area contributed by atoms with E-state index in [0.717, 1.165) is 6.42 Å². The highest BCUT2D eigenvalue weighted by Crippen LogP contribution is 2.29. The number of nitro benzene ring substituents is 1. The van der Waals surface area contributed by atoms with Gasteiger partial charge in [-0.15, -0.1) is 0 Å². The van der Waals surface area contributed by atoms with E-state index in [1.807, 2.05) is 0 Å². The topological polar surface area (TPSA) is 55.2 Å². The van der Waals surface area contributed by atoms with Crippen molar-refractivity contribution in [1.82, 2.24) is 0 Å². The van der Waals surface area contributed by atoms with E-state index in [-0.39, 0.29) is 20.4 Å². The molecule has 0 fully saturated rings. The van der Waals surface area contributed by atoms with Crippen molar-refractivity contribution in [2.45, 2.75) is 27.2 Å². The van der Waals surface area contributed by atoms with Gasteiger partial charge >= 0.3 is 0 Å². The third-order valence-corrected chi connectivity index (χ3v) is 3.25. The Balaban J connectivity index is 2.87. The molecule has 1 N–H and O–H groups in total. The molecule has 1 aromatic rings. The predicted octanol–water partition coefficient (Wildman–Crippen LogP) is 4.19. The molecule has 0 amide bonds. The van der Waals surface area contributed by atoms with Gasteiger partial charge < -0.3 is 5.32 Å². The summed E-state index contributed by atoms with van der Waals surface area (Å²) in [4.78, 5) is 10.4. The Kier molecular flexibility index (Phi) is 4.89. The highest BCUT2D eigenvalue weighted by atomic mass is 127. The molecule has 1 aromatic carbocycles. The first kappa shape index (κ1) is 15.1. The fourth-order valence-electron chi connectivity index (χ4n) is 1.40. The minimum Gasteiger partial charge on any atom is -0.379 e. The molecule has 100 valence electrons. The molecule has 0 radical (unpaired) electrons. The molecule has 0 atom stereocenters. The minimum absolute atomic E-state index is 0.0882. The van der Waals surface area contributed by atoms with E-state index in [1.165, 1.54) is 12.1 Å². The quantitative estimate of drug-likeness (QED) is 0.494. The monoisotopic (exact) mass is 366 g/mol. The van der Waals surface area contributed by atoms with Crippen LogP contribution in [0.3, 0.4) is 0 Å². The summed E-state index contributed by atoms with van der Waals surface area (Å²) in [7, 11) is 0. The summed E-state index contributed by atoms with van der Waals surface area (Å²) in [6.07, 6.45) is 0.845. The van der Waals surface area contributed by atoms with Crippen molar-refractivity contribution >= 4 is 34.0 Å². The van der Waals surface area contributed by atoms with Gasteiger partial charge in [0, 0.05) is 18.7 Å². The van der Waals surface area contributed by atoms with Crippen molar-refractivity contribution in [3.8, 4) is 0 Å². The molecular formula is C12H16FIN2O2. The number of anilines is 1. The van der Waals surface area contributed by atoms with Crippen LogP contribution in [0.4, 0.5) is 15.8 Å². The normalized spacial score (nSPS) is 11.4. The summed E-state index contributed by atoms with van der Waals surface area (Å²) in [6.45, 7) is 6.82. The number of hydrogen-bond acceptors (Lipinski definition) is 3. The summed E-state index contributed by atoms with van der Waals surface area (Å²) in [6, 6.07) is 2.43. The molecule has 0 heterocycles. The molecule has 0 bridgehead atoms. The molecule has 1 rings (SSSR count). The van der Waals surface area contributed by atoms with Gasteiger partial charge in [0.25, 0.3) is 5.69 Å². The lowest BCUT2D eigenvalue weighted by Crippen LogP contribution is -2.13. The van der Waals surface area contributed by atoms with Gasteiger partial charge in [0.1, 0.15) is 11.5 Å². The molecule has 0 aliphatic heterocycles. The molecule has 0 saturated heterocycles. The molecule has 0 saturated carbocycles. The first-order valence-corrected chi connectivity index (χ1v) is 6.66. The minimum atomic E-state index is -0.499. The Hall–Kier alpha value is -0.920. The standard InChI is InChI=1S/C12H16FIN2O2/c1-12(2,3)4-5-15-10-6-8(13)9(14)7-11(10)16(17)18/h6-7,15H,4-5H2,1-3H3. The van der Waals surface area contributed by atoms with Gasteiger partial charge in [-0.1, -0.05) is 20.8 Å². The lowest BCUT2D eigenvalue weighted by molar-refractivity contribution is -0.384. The maximum atomic E-state index is 13.4. The van der Waals surface area contributed by atoms with E-state index < -0.39 is 10.7 Å². The fourth-order valence-corrected chi connectivity index (χ4v) is 1.85. The van der Waals surface area contributed by atoms with Crippen molar-refractivity contribution in [2.75, 3.05) is 11.9 Å². The summed E-state index contributed by atoms with van der Waals surface area (Å²) in [5.41, 5.74) is 0.278. The zero-order chi connectivity index (χ0) is 13.9. The maximum absolute atomic E-state index is 13.4. The second kappa shape index (κ2) is 5.81. The highest BCUT2D eigenvalue weighted by molar-refractivity contribution is 14.1. The average molecular weight is 366 g/mol. The third kappa shape index (κ3) is 4.40. The van der Waals surface area contributed by atoms with Gasteiger partial charge in [-0.2, -0.15) is 0 Å². The van der Waals surface area contributed by atoms with Crippen LogP contribution in [0.2, 0.25) is 0 Å². The van der Waals surface area contributed by atoms with Crippen LogP contribution in [-0.4, -0.2) is 11.5 Å². The van der Waals surface area contributed by atoms with E-state index in [1.54, 1.807) is 22.6 Å². The Morgan fingerprint density at radius 2 is 2.06 bits per heavy atom. The van der Waals surface area contributed by atoms with E-state index in [4.69, 9.17) is 0 Å². The number of benzene rings is 1. The van der Waals surface area contributed by atoms with E-state index in [9.17, 15) is 14.5 Å². The second-order valence-electron chi connectivity index (χ2n) is 5.28. The van der Waals surface area contributed by atoms with Crippen LogP contribution in [0.15, 0.2) is 12.1 Å². The first-order chi connectivity index (χ1) is 8.20. The highest BCUT2D eigenvalue weighted by Gasteiger charge is 2.18. The smallest absolute Gasteiger partial charge is 0.293 e. The number of nitro groups is 1. The number of hydrogen-bond donors (Lipinski definition) is 1. The lowest BCUT2D eigenvalue weighted by Gasteiger charge is -2.18. The van der Waals surface area contributed by atoms with E-state index in [2.05, 4.69) is 26.1 Å². The largest absolute Gasteiger partial charge is 0.379 e. The third-order valence-electron chi connectivity index (χ3n) is 2.43. The number of rotatable bonds is 4. The maximum Gasteiger partial charge on any atom is 0.293 e. The number of halogens is 2. The Morgan fingerprint density at radius 3 is 2.56 bits per heavy atom. The SMILES string of the molecule is CC(C)(C)CCNc1cc(F)c(I)cc1[N+](=O)[O-]. The van der Waals surface area contributed by atoms with Crippen molar-refractivity contribution in [3.63, 3.8) is 0 Å². The van der Waals surface area contributed by atoms with Gasteiger partial charge in [0.05, 0.1) is 8.49 Å². The summed E-state index contributed by atoms with van der Waals surface area (Å²) in [5, 5.41) is 13.8. The average Bonchev–Trinajstić information content (AvgIpc) is 2.20. The Bertz CT molecular complexity index is 458. The first-order valence-electron chi connectivity index (χ1n) is 5.58. The van der Waals surface area contributed by atoms with Crippen LogP contribution < -0.4 is 5.32 Å². The molecule has 0 aromatic heterocycles. The van der Waals surface area contributed by atoms with Crippen LogP contribution in [0.25, 0.3) is 0 Å². The predicted molar refractivity (Wildman–Crippen MR) is 78.3 cm³/mol. The Morgan fingerprint density at radius 1 is 1.44 bits per heavy atom. The molecule has 0 spiro atoms. The molecule has 0 aliphatic carbocycles. The Labute approximate surface area is 119 Å². The lowest BCUT2D eigenvalue weighted by atomic mass is 9.92. The van der Waals surface area contributed by atoms with Crippen LogP contribution in [0.1, 0.15) is 27.2 Å². The molecule has 0 unspecified atom stereocenters. The molecule has 18 heavy (non-hydrogen) atoms. The van der Waals surface area contributed by atoms with Crippen molar-refractivity contribution in [2.24, 2.45) is 5.41 Å². The van der Waals surface area contributed by atoms with Gasteiger partial charge in [-0.05, 0) is 34.4 Å². The van der Waals surface area contributed by atoms with Crippen LogP contribution in [0, 0.1) is 24.9 Å². The fraction of sp³-hybridized carbons (Fsp3) is 0.500. The van der Waals surface area contributed by atoms with Gasteiger partial charge in [-0.3, -0.25) is 10.1 Å². The molecular weight excluding hydrogens is 350 g/mol. The van der Waals surface area contributed by atoms with Gasteiger partial charge in [-0.25, -0.2) is 4.39 Å². The number of nitrogens with zero attached hydrogens (tertiary/aromatic N) is 1. The van der Waals surface area contributed by atoms with Crippen molar-refractivity contribution < 1.29 is 9.31 Å². The van der Waals surface area contributed by atoms with Crippen molar-refractivity contribution in [3.05, 3.63) is 31.6 Å². The molecule has 6 heteroatoms. The van der Waals surface area contributed by atoms with Gasteiger partial charge in [0.2, 0.25) is 0 Å².